The van der Waals surface area contributed by atoms with Gasteiger partial charge in [-0.1, -0.05) is 19.9 Å². The molecule has 2 rings (SSSR count). The number of carboxylic acid groups (broad SMARTS) is 1. The van der Waals surface area contributed by atoms with Crippen LogP contribution in [0.3, 0.4) is 0 Å². The molecule has 0 aliphatic heterocycles. The molecule has 0 unspecified atom stereocenters. The van der Waals surface area contributed by atoms with Gasteiger partial charge in [0.15, 0.2) is 6.61 Å². The number of carbonyl (C=O) groups excluding carboxylic acids is 1. The molecule has 0 fully saturated rings. The van der Waals surface area contributed by atoms with Gasteiger partial charge in [0.1, 0.15) is 5.75 Å². The maximum Gasteiger partial charge on any atom is 0.341 e. The maximum absolute atomic E-state index is 12.5. The van der Waals surface area contributed by atoms with Crippen molar-refractivity contribution in [2.24, 2.45) is 0 Å². The smallest absolute Gasteiger partial charge is 0.341 e. The predicted molar refractivity (Wildman–Crippen MR) is 98.7 cm³/mol. The first-order valence-electron chi connectivity index (χ1n) is 7.99. The van der Waals surface area contributed by atoms with E-state index in [0.717, 1.165) is 11.1 Å². The Morgan fingerprint density at radius 1 is 1.24 bits per heavy atom. The molecule has 0 saturated carbocycles. The standard InChI is InChI=1S/C19H23NO4S/c1-12-8-14(9-13(2)17(12)24-10-16(21)22)18(23)20-11-19(3,4)15-6-5-7-25-15/h5-9H,10-11H2,1-4H3,(H,20,23)(H,21,22). The van der Waals surface area contributed by atoms with Crippen molar-refractivity contribution in [1.29, 1.82) is 0 Å². The fourth-order valence-corrected chi connectivity index (χ4v) is 3.45. The molecule has 0 radical (unpaired) electrons. The van der Waals surface area contributed by atoms with E-state index in [1.54, 1.807) is 37.3 Å². The Labute approximate surface area is 151 Å². The van der Waals surface area contributed by atoms with E-state index in [2.05, 4.69) is 25.2 Å². The molecule has 2 N–H and O–H groups in total. The Morgan fingerprint density at radius 3 is 2.40 bits per heavy atom. The molecule has 0 bridgehead atoms. The van der Waals surface area contributed by atoms with E-state index in [1.165, 1.54) is 4.88 Å². The first-order chi connectivity index (χ1) is 11.7. The minimum Gasteiger partial charge on any atom is -0.481 e. The fraction of sp³-hybridized carbons (Fsp3) is 0.368. The van der Waals surface area contributed by atoms with Gasteiger partial charge >= 0.3 is 5.97 Å². The van der Waals surface area contributed by atoms with Crippen LogP contribution in [0.1, 0.15) is 40.2 Å². The van der Waals surface area contributed by atoms with Crippen LogP contribution in [0, 0.1) is 13.8 Å². The van der Waals surface area contributed by atoms with Gasteiger partial charge in [0, 0.05) is 22.4 Å². The zero-order valence-electron chi connectivity index (χ0n) is 14.9. The molecule has 0 aliphatic rings. The van der Waals surface area contributed by atoms with Crippen molar-refractivity contribution in [2.45, 2.75) is 33.1 Å². The second-order valence-electron chi connectivity index (χ2n) is 6.67. The van der Waals surface area contributed by atoms with Crippen LogP contribution in [-0.2, 0) is 10.2 Å². The van der Waals surface area contributed by atoms with Crippen LogP contribution in [0.5, 0.6) is 5.75 Å². The van der Waals surface area contributed by atoms with Crippen molar-refractivity contribution >= 4 is 23.2 Å². The summed E-state index contributed by atoms with van der Waals surface area (Å²) in [7, 11) is 0. The van der Waals surface area contributed by atoms with Crippen LogP contribution >= 0.6 is 11.3 Å². The molecule has 0 aliphatic carbocycles. The van der Waals surface area contributed by atoms with Crippen molar-refractivity contribution in [3.05, 3.63) is 51.2 Å². The topological polar surface area (TPSA) is 75.6 Å². The van der Waals surface area contributed by atoms with Crippen molar-refractivity contribution in [3.8, 4) is 5.75 Å². The average Bonchev–Trinajstić information content (AvgIpc) is 3.06. The van der Waals surface area contributed by atoms with E-state index < -0.39 is 12.6 Å². The van der Waals surface area contributed by atoms with E-state index in [0.29, 0.717) is 17.9 Å². The lowest BCUT2D eigenvalue weighted by atomic mass is 9.91. The first kappa shape index (κ1) is 19.0. The molecule has 0 saturated heterocycles. The van der Waals surface area contributed by atoms with E-state index in [4.69, 9.17) is 9.84 Å². The van der Waals surface area contributed by atoms with Gasteiger partial charge in [-0.3, -0.25) is 4.79 Å². The normalized spacial score (nSPS) is 11.2. The number of thiophene rings is 1. The molecule has 1 aromatic heterocycles. The molecule has 0 atom stereocenters. The summed E-state index contributed by atoms with van der Waals surface area (Å²) < 4.78 is 5.30. The van der Waals surface area contributed by atoms with E-state index in [9.17, 15) is 9.59 Å². The van der Waals surface area contributed by atoms with Crippen LogP contribution in [0.15, 0.2) is 29.6 Å². The Kier molecular flexibility index (Phi) is 5.85. The highest BCUT2D eigenvalue weighted by Gasteiger charge is 2.23. The van der Waals surface area contributed by atoms with Gasteiger partial charge in [-0.2, -0.15) is 0 Å². The van der Waals surface area contributed by atoms with Gasteiger partial charge in [-0.25, -0.2) is 4.79 Å². The van der Waals surface area contributed by atoms with Crippen LogP contribution in [0.25, 0.3) is 0 Å². The minimum atomic E-state index is -1.03. The lowest BCUT2D eigenvalue weighted by molar-refractivity contribution is -0.139. The summed E-state index contributed by atoms with van der Waals surface area (Å²) in [5, 5.41) is 13.7. The Bertz CT molecular complexity index is 743. The molecule has 1 aromatic carbocycles. The van der Waals surface area contributed by atoms with E-state index in [1.807, 2.05) is 11.4 Å². The van der Waals surface area contributed by atoms with Crippen molar-refractivity contribution in [2.75, 3.05) is 13.2 Å². The lowest BCUT2D eigenvalue weighted by Gasteiger charge is -2.24. The molecule has 5 nitrogen and oxygen atoms in total. The molecule has 1 heterocycles. The lowest BCUT2D eigenvalue weighted by Crippen LogP contribution is -2.36. The van der Waals surface area contributed by atoms with Gasteiger partial charge in [0.25, 0.3) is 5.91 Å². The molecule has 2 aromatic rings. The summed E-state index contributed by atoms with van der Waals surface area (Å²) in [6.45, 7) is 7.92. The highest BCUT2D eigenvalue weighted by Crippen LogP contribution is 2.27. The number of aryl methyl sites for hydroxylation is 2. The summed E-state index contributed by atoms with van der Waals surface area (Å²) >= 11 is 1.68. The molecule has 1 amide bonds. The van der Waals surface area contributed by atoms with Crippen molar-refractivity contribution in [1.82, 2.24) is 5.32 Å². The Balaban J connectivity index is 2.08. The highest BCUT2D eigenvalue weighted by molar-refractivity contribution is 7.10. The van der Waals surface area contributed by atoms with Crippen LogP contribution in [0.2, 0.25) is 0 Å². The third-order valence-electron chi connectivity index (χ3n) is 3.94. The number of hydrogen-bond acceptors (Lipinski definition) is 4. The average molecular weight is 361 g/mol. The predicted octanol–water partition coefficient (Wildman–Crippen LogP) is 3.54. The SMILES string of the molecule is Cc1cc(C(=O)NCC(C)(C)c2cccs2)cc(C)c1OCC(=O)O. The Morgan fingerprint density at radius 2 is 1.88 bits per heavy atom. The molecule has 0 spiro atoms. The number of carbonyl (C=O) groups is 2. The van der Waals surface area contributed by atoms with Crippen molar-refractivity contribution < 1.29 is 19.4 Å². The van der Waals surface area contributed by atoms with Gasteiger partial charge in [-0.15, -0.1) is 11.3 Å². The number of rotatable bonds is 7. The molecular weight excluding hydrogens is 338 g/mol. The third kappa shape index (κ3) is 4.82. The first-order valence-corrected chi connectivity index (χ1v) is 8.86. The summed E-state index contributed by atoms with van der Waals surface area (Å²) in [6.07, 6.45) is 0. The van der Waals surface area contributed by atoms with Crippen LogP contribution in [0.4, 0.5) is 0 Å². The molecular formula is C19H23NO4S. The number of benzene rings is 1. The van der Waals surface area contributed by atoms with Crippen LogP contribution in [-0.4, -0.2) is 30.1 Å². The minimum absolute atomic E-state index is 0.140. The fourth-order valence-electron chi connectivity index (χ4n) is 2.60. The summed E-state index contributed by atoms with van der Waals surface area (Å²) in [5.74, 6) is -0.671. The summed E-state index contributed by atoms with van der Waals surface area (Å²) in [4.78, 5) is 24.4. The molecule has 6 heteroatoms. The quantitative estimate of drug-likeness (QED) is 0.791. The largest absolute Gasteiger partial charge is 0.481 e. The zero-order valence-corrected chi connectivity index (χ0v) is 15.7. The van der Waals surface area contributed by atoms with Crippen molar-refractivity contribution in [3.63, 3.8) is 0 Å². The van der Waals surface area contributed by atoms with Gasteiger partial charge in [0.05, 0.1) is 0 Å². The molecule has 25 heavy (non-hydrogen) atoms. The van der Waals surface area contributed by atoms with Gasteiger partial charge in [-0.05, 0) is 48.6 Å². The number of ether oxygens (including phenoxy) is 1. The second kappa shape index (κ2) is 7.70. The van der Waals surface area contributed by atoms with Gasteiger partial charge in [0.2, 0.25) is 0 Å². The van der Waals surface area contributed by atoms with Gasteiger partial charge < -0.3 is 15.2 Å². The summed E-state index contributed by atoms with van der Waals surface area (Å²) in [5.41, 5.74) is 1.88. The van der Waals surface area contributed by atoms with Crippen LogP contribution < -0.4 is 10.1 Å². The maximum atomic E-state index is 12.5. The number of aliphatic carboxylic acids is 1. The Hall–Kier alpha value is -2.34. The third-order valence-corrected chi connectivity index (χ3v) is 5.18. The highest BCUT2D eigenvalue weighted by atomic mass is 32.1. The van der Waals surface area contributed by atoms with E-state index >= 15 is 0 Å². The molecule has 134 valence electrons. The van der Waals surface area contributed by atoms with E-state index in [-0.39, 0.29) is 11.3 Å². The second-order valence-corrected chi connectivity index (χ2v) is 7.61. The number of amides is 1. The summed E-state index contributed by atoms with van der Waals surface area (Å²) in [6, 6.07) is 7.52. The monoisotopic (exact) mass is 361 g/mol. The number of hydrogen-bond donors (Lipinski definition) is 2. The number of nitrogens with one attached hydrogen (secondary N) is 1. The zero-order chi connectivity index (χ0) is 18.6. The number of carboxylic acids is 1.